The fourth-order valence-electron chi connectivity index (χ4n) is 3.24. The highest BCUT2D eigenvalue weighted by Crippen LogP contribution is 2.35. The van der Waals surface area contributed by atoms with E-state index >= 15 is 0 Å². The predicted octanol–water partition coefficient (Wildman–Crippen LogP) is 5.95. The highest BCUT2D eigenvalue weighted by Gasteiger charge is 2.35. The summed E-state index contributed by atoms with van der Waals surface area (Å²) < 4.78 is 19.1. The van der Waals surface area contributed by atoms with Crippen LogP contribution < -0.4 is 4.74 Å². The molecule has 0 unspecified atom stereocenters. The predicted molar refractivity (Wildman–Crippen MR) is 120 cm³/mol. The maximum Gasteiger partial charge on any atom is 0.293 e. The molecule has 0 atom stereocenters. The standard InChI is InChI=1S/C25H20FNO3S/c1-17-5-4-6-19(13-17)16-30-22-8-3-2-7-20(22)14-23-24(28)27(25(29)31-23)15-18-9-11-21(26)12-10-18/h2-14H,15-16H2,1H3. The number of aryl methyl sites for hydroxylation is 1. The van der Waals surface area contributed by atoms with Crippen LogP contribution in [0.2, 0.25) is 0 Å². The van der Waals surface area contributed by atoms with E-state index in [1.54, 1.807) is 18.2 Å². The maximum absolute atomic E-state index is 13.1. The zero-order chi connectivity index (χ0) is 21.8. The average Bonchev–Trinajstić information content (AvgIpc) is 3.02. The van der Waals surface area contributed by atoms with Crippen molar-refractivity contribution in [2.24, 2.45) is 0 Å². The summed E-state index contributed by atoms with van der Waals surface area (Å²) in [7, 11) is 0. The van der Waals surface area contributed by atoms with E-state index in [1.165, 1.54) is 17.0 Å². The summed E-state index contributed by atoms with van der Waals surface area (Å²) in [6.45, 7) is 2.53. The number of carbonyl (C=O) groups excluding carboxylic acids is 2. The summed E-state index contributed by atoms with van der Waals surface area (Å²) in [6, 6.07) is 21.2. The van der Waals surface area contributed by atoms with E-state index in [0.717, 1.165) is 28.5 Å². The van der Waals surface area contributed by atoms with E-state index in [-0.39, 0.29) is 23.5 Å². The molecule has 1 fully saturated rings. The topological polar surface area (TPSA) is 46.6 Å². The molecule has 4 rings (SSSR count). The van der Waals surface area contributed by atoms with Crippen molar-refractivity contribution in [2.75, 3.05) is 0 Å². The second-order valence-electron chi connectivity index (χ2n) is 7.21. The Kier molecular flexibility index (Phi) is 6.18. The molecule has 0 radical (unpaired) electrons. The molecule has 0 bridgehead atoms. The number of thioether (sulfide) groups is 1. The first-order valence-corrected chi connectivity index (χ1v) is 10.6. The lowest BCUT2D eigenvalue weighted by molar-refractivity contribution is -0.123. The van der Waals surface area contributed by atoms with Crippen molar-refractivity contribution in [2.45, 2.75) is 20.1 Å². The molecule has 2 amide bonds. The molecule has 4 nitrogen and oxygen atoms in total. The molecule has 3 aromatic rings. The minimum atomic E-state index is -0.368. The molecule has 1 heterocycles. The van der Waals surface area contributed by atoms with E-state index in [9.17, 15) is 14.0 Å². The van der Waals surface area contributed by atoms with Gasteiger partial charge in [0.25, 0.3) is 11.1 Å². The summed E-state index contributed by atoms with van der Waals surface area (Å²) in [5.74, 6) is -0.0952. The van der Waals surface area contributed by atoms with Gasteiger partial charge in [0, 0.05) is 5.56 Å². The molecule has 0 N–H and O–H groups in total. The van der Waals surface area contributed by atoms with Gasteiger partial charge in [0.2, 0.25) is 0 Å². The Balaban J connectivity index is 1.51. The van der Waals surface area contributed by atoms with E-state index in [4.69, 9.17) is 4.74 Å². The third-order valence-corrected chi connectivity index (χ3v) is 5.72. The van der Waals surface area contributed by atoms with Crippen LogP contribution in [0.3, 0.4) is 0 Å². The SMILES string of the molecule is Cc1cccc(COc2ccccc2C=C2SC(=O)N(Cc3ccc(F)cc3)C2=O)c1. The normalized spacial score (nSPS) is 15.0. The second kappa shape index (κ2) is 9.18. The number of amides is 2. The van der Waals surface area contributed by atoms with Gasteiger partial charge in [0.15, 0.2) is 0 Å². The quantitative estimate of drug-likeness (QED) is 0.451. The molecular formula is C25H20FNO3S. The Hall–Kier alpha value is -3.38. The van der Waals surface area contributed by atoms with Crippen molar-refractivity contribution in [1.82, 2.24) is 4.90 Å². The monoisotopic (exact) mass is 433 g/mol. The summed E-state index contributed by atoms with van der Waals surface area (Å²) in [4.78, 5) is 26.7. The Morgan fingerprint density at radius 2 is 1.74 bits per heavy atom. The van der Waals surface area contributed by atoms with Gasteiger partial charge in [-0.1, -0.05) is 60.2 Å². The molecule has 6 heteroatoms. The number of imide groups is 1. The van der Waals surface area contributed by atoms with Crippen LogP contribution in [-0.2, 0) is 17.9 Å². The lowest BCUT2D eigenvalue weighted by Gasteiger charge is -2.12. The average molecular weight is 434 g/mol. The second-order valence-corrected chi connectivity index (χ2v) is 8.20. The third-order valence-electron chi connectivity index (χ3n) is 4.81. The summed E-state index contributed by atoms with van der Waals surface area (Å²) in [5, 5.41) is -0.348. The molecule has 1 saturated heterocycles. The molecular weight excluding hydrogens is 413 g/mol. The Morgan fingerprint density at radius 3 is 2.52 bits per heavy atom. The van der Waals surface area contributed by atoms with Gasteiger partial charge in [0.05, 0.1) is 11.4 Å². The number of carbonyl (C=O) groups is 2. The Bertz CT molecular complexity index is 1160. The van der Waals surface area contributed by atoms with E-state index in [1.807, 2.05) is 49.4 Å². The fourth-order valence-corrected chi connectivity index (χ4v) is 4.07. The highest BCUT2D eigenvalue weighted by atomic mass is 32.2. The number of hydrogen-bond donors (Lipinski definition) is 0. The van der Waals surface area contributed by atoms with Gasteiger partial charge < -0.3 is 4.74 Å². The molecule has 0 aromatic heterocycles. The molecule has 0 saturated carbocycles. The van der Waals surface area contributed by atoms with E-state index < -0.39 is 0 Å². The Morgan fingerprint density at radius 1 is 0.968 bits per heavy atom. The van der Waals surface area contributed by atoms with Crippen LogP contribution in [0, 0.1) is 12.7 Å². The van der Waals surface area contributed by atoms with Crippen LogP contribution >= 0.6 is 11.8 Å². The van der Waals surface area contributed by atoms with Gasteiger partial charge in [-0.25, -0.2) is 4.39 Å². The maximum atomic E-state index is 13.1. The van der Waals surface area contributed by atoms with Crippen molar-refractivity contribution in [3.8, 4) is 5.75 Å². The zero-order valence-electron chi connectivity index (χ0n) is 16.9. The van der Waals surface area contributed by atoms with Crippen molar-refractivity contribution in [3.05, 3.63) is 106 Å². The summed E-state index contributed by atoms with van der Waals surface area (Å²) >= 11 is 0.893. The van der Waals surface area contributed by atoms with Crippen LogP contribution in [0.15, 0.2) is 77.7 Å². The van der Waals surface area contributed by atoms with Crippen LogP contribution in [0.5, 0.6) is 5.75 Å². The van der Waals surface area contributed by atoms with Gasteiger partial charge >= 0.3 is 0 Å². The highest BCUT2D eigenvalue weighted by molar-refractivity contribution is 8.18. The van der Waals surface area contributed by atoms with Gasteiger partial charge in [-0.2, -0.15) is 0 Å². The molecule has 0 aliphatic carbocycles. The molecule has 3 aromatic carbocycles. The number of para-hydroxylation sites is 1. The lowest BCUT2D eigenvalue weighted by Crippen LogP contribution is -2.27. The number of halogens is 1. The van der Waals surface area contributed by atoms with Crippen molar-refractivity contribution < 1.29 is 18.7 Å². The van der Waals surface area contributed by atoms with Crippen LogP contribution in [0.25, 0.3) is 6.08 Å². The van der Waals surface area contributed by atoms with Gasteiger partial charge in [-0.3, -0.25) is 14.5 Å². The summed E-state index contributed by atoms with van der Waals surface area (Å²) in [5.41, 5.74) is 3.62. The van der Waals surface area contributed by atoms with Crippen LogP contribution in [-0.4, -0.2) is 16.0 Å². The van der Waals surface area contributed by atoms with E-state index in [2.05, 4.69) is 6.07 Å². The Labute approximate surface area is 184 Å². The number of rotatable bonds is 6. The fraction of sp³-hybridized carbons (Fsp3) is 0.120. The molecule has 1 aliphatic heterocycles. The zero-order valence-corrected chi connectivity index (χ0v) is 17.7. The number of nitrogens with zero attached hydrogens (tertiary/aromatic N) is 1. The van der Waals surface area contributed by atoms with Crippen molar-refractivity contribution in [1.29, 1.82) is 0 Å². The van der Waals surface area contributed by atoms with Crippen LogP contribution in [0.4, 0.5) is 9.18 Å². The van der Waals surface area contributed by atoms with Gasteiger partial charge in [-0.05, 0) is 54.1 Å². The molecule has 31 heavy (non-hydrogen) atoms. The molecule has 0 spiro atoms. The summed E-state index contributed by atoms with van der Waals surface area (Å²) in [6.07, 6.45) is 1.68. The third kappa shape index (κ3) is 5.03. The van der Waals surface area contributed by atoms with Gasteiger partial charge in [0.1, 0.15) is 18.2 Å². The van der Waals surface area contributed by atoms with Crippen molar-refractivity contribution >= 4 is 29.0 Å². The van der Waals surface area contributed by atoms with E-state index in [0.29, 0.717) is 22.8 Å². The first-order chi connectivity index (χ1) is 15.0. The minimum Gasteiger partial charge on any atom is -0.488 e. The largest absolute Gasteiger partial charge is 0.488 e. The number of benzene rings is 3. The minimum absolute atomic E-state index is 0.105. The van der Waals surface area contributed by atoms with Gasteiger partial charge in [-0.15, -0.1) is 0 Å². The first kappa shape index (κ1) is 20.9. The smallest absolute Gasteiger partial charge is 0.293 e. The first-order valence-electron chi connectivity index (χ1n) is 9.77. The van der Waals surface area contributed by atoms with Crippen molar-refractivity contribution in [3.63, 3.8) is 0 Å². The lowest BCUT2D eigenvalue weighted by atomic mass is 10.1. The van der Waals surface area contributed by atoms with Crippen LogP contribution in [0.1, 0.15) is 22.3 Å². The molecule has 156 valence electrons. The molecule has 1 aliphatic rings. The number of ether oxygens (including phenoxy) is 1. The number of hydrogen-bond acceptors (Lipinski definition) is 4.